The molecule has 9 heteroatoms. The van der Waals surface area contributed by atoms with E-state index in [0.29, 0.717) is 12.3 Å². The fourth-order valence-corrected chi connectivity index (χ4v) is 2.34. The molecule has 0 aliphatic carbocycles. The minimum absolute atomic E-state index is 0.229. The minimum atomic E-state index is -0.503. The van der Waals surface area contributed by atoms with E-state index in [2.05, 4.69) is 20.8 Å². The molecule has 4 N–H and O–H groups in total. The predicted octanol–water partition coefficient (Wildman–Crippen LogP) is -0.305. The van der Waals surface area contributed by atoms with Crippen LogP contribution in [0.25, 0.3) is 0 Å². The molecule has 0 aliphatic heterocycles. The van der Waals surface area contributed by atoms with Crippen LogP contribution < -0.4 is 16.4 Å². The number of nitrogens with two attached hydrogens (primary N) is 1. The van der Waals surface area contributed by atoms with Crippen LogP contribution in [0.3, 0.4) is 0 Å². The fraction of sp³-hybridized carbons (Fsp3) is 0.600. The first-order valence-electron chi connectivity index (χ1n) is 5.88. The normalized spacial score (nSPS) is 10.3. The summed E-state index contributed by atoms with van der Waals surface area (Å²) >= 11 is 1.41. The summed E-state index contributed by atoms with van der Waals surface area (Å²) in [6, 6.07) is -0.503. The van der Waals surface area contributed by atoms with E-state index in [-0.39, 0.29) is 12.3 Å². The molecule has 0 spiro atoms. The van der Waals surface area contributed by atoms with Crippen molar-refractivity contribution >= 4 is 23.7 Å². The molecule has 19 heavy (non-hydrogen) atoms. The third kappa shape index (κ3) is 4.52. The first kappa shape index (κ1) is 15.4. The highest BCUT2D eigenvalue weighted by Gasteiger charge is 2.11. The van der Waals surface area contributed by atoms with Crippen LogP contribution in [0, 0.1) is 0 Å². The molecule has 0 atom stereocenters. The summed E-state index contributed by atoms with van der Waals surface area (Å²) in [4.78, 5) is 22.3. The Morgan fingerprint density at radius 3 is 2.74 bits per heavy atom. The smallest absolute Gasteiger partial charge is 0.321 e. The molecule has 1 aromatic rings. The molecule has 0 saturated carbocycles. The lowest BCUT2D eigenvalue weighted by Gasteiger charge is -2.06. The largest absolute Gasteiger partial charge is 0.341 e. The van der Waals surface area contributed by atoms with E-state index < -0.39 is 6.03 Å². The molecule has 8 nitrogen and oxygen atoms in total. The number of urea groups is 1. The first-order valence-corrected chi connectivity index (χ1v) is 6.87. The summed E-state index contributed by atoms with van der Waals surface area (Å²) in [5.41, 5.74) is 5.55. The van der Waals surface area contributed by atoms with E-state index in [1.165, 1.54) is 18.8 Å². The van der Waals surface area contributed by atoms with Gasteiger partial charge in [-0.15, -0.1) is 10.2 Å². The molecule has 0 saturated heterocycles. The van der Waals surface area contributed by atoms with Crippen molar-refractivity contribution in [1.82, 2.24) is 25.4 Å². The zero-order valence-corrected chi connectivity index (χ0v) is 11.8. The Hall–Kier alpha value is -1.61. The lowest BCUT2D eigenvalue weighted by Crippen LogP contribution is -2.37. The van der Waals surface area contributed by atoms with Gasteiger partial charge in [-0.2, -0.15) is 0 Å². The zero-order chi connectivity index (χ0) is 14.3. The predicted molar refractivity (Wildman–Crippen MR) is 71.5 cm³/mol. The second kappa shape index (κ2) is 7.74. The van der Waals surface area contributed by atoms with Crippen molar-refractivity contribution in [2.45, 2.75) is 31.6 Å². The Balaban J connectivity index is 2.43. The maximum atomic E-state index is 11.4. The Labute approximate surface area is 115 Å². The first-order chi connectivity index (χ1) is 9.12. The quantitative estimate of drug-likeness (QED) is 0.618. The number of hydrogen-bond donors (Lipinski definition) is 3. The van der Waals surface area contributed by atoms with Crippen LogP contribution in [0.4, 0.5) is 4.79 Å². The van der Waals surface area contributed by atoms with Gasteiger partial charge in [-0.1, -0.05) is 11.8 Å². The monoisotopic (exact) mass is 286 g/mol. The van der Waals surface area contributed by atoms with E-state index in [0.717, 1.165) is 17.5 Å². The van der Waals surface area contributed by atoms with Crippen LogP contribution in [0.5, 0.6) is 0 Å². The summed E-state index contributed by atoms with van der Waals surface area (Å²) in [7, 11) is 1.45. The molecule has 0 aliphatic rings. The molecule has 106 valence electrons. The highest BCUT2D eigenvalue weighted by molar-refractivity contribution is 7.99. The molecular weight excluding hydrogens is 268 g/mol. The maximum absolute atomic E-state index is 11.4. The topological polar surface area (TPSA) is 115 Å². The van der Waals surface area contributed by atoms with Gasteiger partial charge >= 0.3 is 6.03 Å². The number of nitrogens with zero attached hydrogens (tertiary/aromatic N) is 3. The van der Waals surface area contributed by atoms with E-state index in [1.54, 1.807) is 0 Å². The van der Waals surface area contributed by atoms with Gasteiger partial charge in [-0.25, -0.2) is 4.79 Å². The van der Waals surface area contributed by atoms with Gasteiger partial charge in [0.25, 0.3) is 0 Å². The second-order valence-electron chi connectivity index (χ2n) is 3.57. The molecule has 0 aromatic carbocycles. The Morgan fingerprint density at radius 1 is 1.42 bits per heavy atom. The average Bonchev–Trinajstić information content (AvgIpc) is 2.80. The molecule has 0 fully saturated rings. The zero-order valence-electron chi connectivity index (χ0n) is 11.0. The van der Waals surface area contributed by atoms with Crippen molar-refractivity contribution in [3.05, 3.63) is 5.82 Å². The van der Waals surface area contributed by atoms with Gasteiger partial charge in [0.2, 0.25) is 5.91 Å². The van der Waals surface area contributed by atoms with Crippen LogP contribution in [0.1, 0.15) is 19.2 Å². The highest BCUT2D eigenvalue weighted by atomic mass is 32.2. The number of aromatic nitrogens is 3. The molecular formula is C10H18N6O2S. The standard InChI is InChI=1S/C10H18N6O2S/c1-3-16-7(6-11)14-15-10(16)19-5-4-8(17)13-9(18)12-2/h3-6,11H2,1-2H3,(H2,12,13,17,18). The lowest BCUT2D eigenvalue weighted by molar-refractivity contribution is -0.119. The number of imide groups is 1. The van der Waals surface area contributed by atoms with Gasteiger partial charge in [0.15, 0.2) is 5.16 Å². The van der Waals surface area contributed by atoms with Crippen molar-refractivity contribution in [3.63, 3.8) is 0 Å². The number of carbonyl (C=O) groups is 2. The molecule has 1 aromatic heterocycles. The number of thioether (sulfide) groups is 1. The molecule has 0 bridgehead atoms. The summed E-state index contributed by atoms with van der Waals surface area (Å²) in [6.45, 7) is 3.04. The summed E-state index contributed by atoms with van der Waals surface area (Å²) < 4.78 is 1.90. The van der Waals surface area contributed by atoms with Crippen molar-refractivity contribution in [1.29, 1.82) is 0 Å². The number of hydrogen-bond acceptors (Lipinski definition) is 6. The third-order valence-electron chi connectivity index (χ3n) is 2.33. The van der Waals surface area contributed by atoms with Crippen molar-refractivity contribution in [2.24, 2.45) is 5.73 Å². The molecule has 0 unspecified atom stereocenters. The Morgan fingerprint density at radius 2 is 2.16 bits per heavy atom. The second-order valence-corrected chi connectivity index (χ2v) is 4.64. The fourth-order valence-electron chi connectivity index (χ4n) is 1.38. The Bertz CT molecular complexity index is 447. The lowest BCUT2D eigenvalue weighted by atomic mass is 10.4. The van der Waals surface area contributed by atoms with Crippen LogP contribution >= 0.6 is 11.8 Å². The number of amides is 3. The molecule has 3 amide bonds. The number of rotatable bonds is 6. The summed E-state index contributed by atoms with van der Waals surface area (Å²) in [6.07, 6.45) is 0.229. The number of nitrogens with one attached hydrogen (secondary N) is 2. The van der Waals surface area contributed by atoms with E-state index in [1.807, 2.05) is 11.5 Å². The maximum Gasteiger partial charge on any atom is 0.321 e. The van der Waals surface area contributed by atoms with Crippen LogP contribution in [-0.4, -0.2) is 39.5 Å². The van der Waals surface area contributed by atoms with Crippen LogP contribution in [0.15, 0.2) is 5.16 Å². The average molecular weight is 286 g/mol. The number of carbonyl (C=O) groups excluding carboxylic acids is 2. The molecule has 0 radical (unpaired) electrons. The van der Waals surface area contributed by atoms with Crippen molar-refractivity contribution in [3.8, 4) is 0 Å². The third-order valence-corrected chi connectivity index (χ3v) is 3.30. The molecule has 1 rings (SSSR count). The minimum Gasteiger partial charge on any atom is -0.341 e. The van der Waals surface area contributed by atoms with Gasteiger partial charge in [-0.05, 0) is 6.92 Å². The summed E-state index contributed by atoms with van der Waals surface area (Å²) in [5, 5.41) is 13.2. The molecule has 1 heterocycles. The van der Waals surface area contributed by atoms with Gasteiger partial charge < -0.3 is 15.6 Å². The highest BCUT2D eigenvalue weighted by Crippen LogP contribution is 2.17. The van der Waals surface area contributed by atoms with Crippen molar-refractivity contribution < 1.29 is 9.59 Å². The summed E-state index contributed by atoms with van der Waals surface area (Å²) in [5.74, 6) is 0.916. The van der Waals surface area contributed by atoms with Crippen LogP contribution in [0.2, 0.25) is 0 Å². The van der Waals surface area contributed by atoms with Gasteiger partial charge in [0.1, 0.15) is 5.82 Å². The SMILES string of the molecule is CCn1c(CN)nnc1SCCC(=O)NC(=O)NC. The van der Waals surface area contributed by atoms with E-state index in [9.17, 15) is 9.59 Å². The van der Waals surface area contributed by atoms with Gasteiger partial charge in [0.05, 0.1) is 6.54 Å². The van der Waals surface area contributed by atoms with Gasteiger partial charge in [0, 0.05) is 25.8 Å². The van der Waals surface area contributed by atoms with Crippen molar-refractivity contribution in [2.75, 3.05) is 12.8 Å². The van der Waals surface area contributed by atoms with E-state index in [4.69, 9.17) is 5.73 Å². The van der Waals surface area contributed by atoms with E-state index >= 15 is 0 Å². The van der Waals surface area contributed by atoms with Crippen LogP contribution in [-0.2, 0) is 17.9 Å². The Kier molecular flexibility index (Phi) is 6.30. The van der Waals surface area contributed by atoms with Gasteiger partial charge in [-0.3, -0.25) is 10.1 Å².